The molecule has 5 heteroatoms. The molecule has 1 aliphatic rings. The molecule has 0 unspecified atom stereocenters. The second kappa shape index (κ2) is 11.2. The number of benzene rings is 1. The quantitative estimate of drug-likeness (QED) is 0.492. The van der Waals surface area contributed by atoms with Crippen LogP contribution >= 0.6 is 0 Å². The van der Waals surface area contributed by atoms with E-state index in [1.165, 1.54) is 38.5 Å². The fourth-order valence-corrected chi connectivity index (χ4v) is 3.69. The number of aryl methyl sites for hydroxylation is 1. The van der Waals surface area contributed by atoms with Crippen molar-refractivity contribution in [2.24, 2.45) is 0 Å². The van der Waals surface area contributed by atoms with Crippen LogP contribution < -0.4 is 15.0 Å². The number of nitrogens with zero attached hydrogens (tertiary/aromatic N) is 1. The lowest BCUT2D eigenvalue weighted by molar-refractivity contribution is -0.132. The number of anilines is 1. The Kier molecular flexibility index (Phi) is 8.99. The highest BCUT2D eigenvalue weighted by Gasteiger charge is 2.40. The zero-order valence-electron chi connectivity index (χ0n) is 18.7. The molecule has 0 spiro atoms. The number of carbonyl (C=O) groups is 2. The van der Waals surface area contributed by atoms with E-state index in [4.69, 9.17) is 4.74 Å². The Balaban J connectivity index is 1.74. The van der Waals surface area contributed by atoms with Crippen LogP contribution in [-0.2, 0) is 9.59 Å². The van der Waals surface area contributed by atoms with E-state index in [2.05, 4.69) is 12.2 Å². The first-order chi connectivity index (χ1) is 13.8. The number of rotatable bonds is 12. The van der Waals surface area contributed by atoms with Gasteiger partial charge in [-0.05, 0) is 44.9 Å². The monoisotopic (exact) mass is 402 g/mol. The Morgan fingerprint density at radius 3 is 2.41 bits per heavy atom. The van der Waals surface area contributed by atoms with Gasteiger partial charge in [0.1, 0.15) is 5.75 Å². The molecule has 0 aliphatic carbocycles. The molecule has 0 saturated carbocycles. The van der Waals surface area contributed by atoms with E-state index in [1.807, 2.05) is 25.1 Å². The fraction of sp³-hybridized carbons (Fsp3) is 0.667. The number of carbonyl (C=O) groups excluding carboxylic acids is 2. The highest BCUT2D eigenvalue weighted by atomic mass is 16.5. The predicted octanol–water partition coefficient (Wildman–Crippen LogP) is 5.15. The SMILES string of the molecule is CCCCCCCCCCNC(=O)CCN1C(=O)C(C)(C)Oc2ccc(C)cc21. The Hall–Kier alpha value is -2.04. The van der Waals surface area contributed by atoms with Gasteiger partial charge in [-0.1, -0.05) is 57.9 Å². The smallest absolute Gasteiger partial charge is 0.270 e. The van der Waals surface area contributed by atoms with Gasteiger partial charge in [0.2, 0.25) is 5.91 Å². The second-order valence-corrected chi connectivity index (χ2v) is 8.62. The fourth-order valence-electron chi connectivity index (χ4n) is 3.69. The van der Waals surface area contributed by atoms with Crippen LogP contribution in [0.1, 0.15) is 84.1 Å². The predicted molar refractivity (Wildman–Crippen MR) is 118 cm³/mol. The summed E-state index contributed by atoms with van der Waals surface area (Å²) in [6, 6.07) is 5.81. The number of nitrogens with one attached hydrogen (secondary N) is 1. The molecule has 5 nitrogen and oxygen atoms in total. The van der Waals surface area contributed by atoms with E-state index in [9.17, 15) is 9.59 Å². The summed E-state index contributed by atoms with van der Waals surface area (Å²) in [7, 11) is 0. The Bertz CT molecular complexity index is 685. The number of fused-ring (bicyclic) bond motifs is 1. The molecule has 0 fully saturated rings. The Morgan fingerprint density at radius 1 is 1.07 bits per heavy atom. The number of hydrogen-bond acceptors (Lipinski definition) is 3. The summed E-state index contributed by atoms with van der Waals surface area (Å²) >= 11 is 0. The van der Waals surface area contributed by atoms with Crippen molar-refractivity contribution in [3.05, 3.63) is 23.8 Å². The minimum atomic E-state index is -0.921. The molecule has 0 atom stereocenters. The van der Waals surface area contributed by atoms with Crippen LogP contribution in [0.15, 0.2) is 18.2 Å². The molecule has 2 rings (SSSR count). The van der Waals surface area contributed by atoms with Crippen molar-refractivity contribution in [3.8, 4) is 5.75 Å². The normalized spacial score (nSPS) is 15.0. The van der Waals surface area contributed by atoms with E-state index in [1.54, 1.807) is 18.7 Å². The van der Waals surface area contributed by atoms with Gasteiger partial charge in [-0.25, -0.2) is 0 Å². The van der Waals surface area contributed by atoms with Crippen LogP contribution in [-0.4, -0.2) is 30.5 Å². The average Bonchev–Trinajstić information content (AvgIpc) is 2.67. The van der Waals surface area contributed by atoms with Gasteiger partial charge in [0.15, 0.2) is 5.60 Å². The van der Waals surface area contributed by atoms with Gasteiger partial charge in [0.25, 0.3) is 5.91 Å². The molecular formula is C24H38N2O3. The first-order valence-electron chi connectivity index (χ1n) is 11.2. The van der Waals surface area contributed by atoms with Crippen LogP contribution in [0, 0.1) is 6.92 Å². The van der Waals surface area contributed by atoms with Crippen LogP contribution in [0.25, 0.3) is 0 Å². The third-order valence-corrected chi connectivity index (χ3v) is 5.45. The van der Waals surface area contributed by atoms with E-state index in [0.717, 1.165) is 24.1 Å². The van der Waals surface area contributed by atoms with Crippen molar-refractivity contribution in [1.82, 2.24) is 5.32 Å². The van der Waals surface area contributed by atoms with E-state index >= 15 is 0 Å². The van der Waals surface area contributed by atoms with Gasteiger partial charge in [-0.3, -0.25) is 9.59 Å². The van der Waals surface area contributed by atoms with Crippen molar-refractivity contribution >= 4 is 17.5 Å². The molecule has 1 aliphatic heterocycles. The largest absolute Gasteiger partial charge is 0.476 e. The molecule has 0 radical (unpaired) electrons. The van der Waals surface area contributed by atoms with E-state index < -0.39 is 5.60 Å². The number of hydrogen-bond donors (Lipinski definition) is 1. The first-order valence-corrected chi connectivity index (χ1v) is 11.2. The van der Waals surface area contributed by atoms with E-state index in [-0.39, 0.29) is 11.8 Å². The Morgan fingerprint density at radius 2 is 1.72 bits per heavy atom. The molecule has 162 valence electrons. The first kappa shape index (κ1) is 23.2. The molecule has 1 heterocycles. The summed E-state index contributed by atoms with van der Waals surface area (Å²) in [5.41, 5.74) is 0.893. The van der Waals surface area contributed by atoms with Gasteiger partial charge in [0.05, 0.1) is 5.69 Å². The third-order valence-electron chi connectivity index (χ3n) is 5.45. The van der Waals surface area contributed by atoms with Crippen molar-refractivity contribution in [2.45, 2.75) is 91.1 Å². The van der Waals surface area contributed by atoms with Gasteiger partial charge < -0.3 is 15.0 Å². The van der Waals surface area contributed by atoms with Crippen molar-refractivity contribution in [1.29, 1.82) is 0 Å². The molecule has 0 saturated heterocycles. The molecule has 2 amide bonds. The maximum Gasteiger partial charge on any atom is 0.270 e. The summed E-state index contributed by atoms with van der Waals surface area (Å²) < 4.78 is 5.87. The third kappa shape index (κ3) is 7.06. The van der Waals surface area contributed by atoms with Crippen LogP contribution in [0.3, 0.4) is 0 Å². The summed E-state index contributed by atoms with van der Waals surface area (Å²) in [5.74, 6) is 0.588. The zero-order valence-corrected chi connectivity index (χ0v) is 18.7. The maximum atomic E-state index is 12.8. The number of amides is 2. The minimum Gasteiger partial charge on any atom is -0.476 e. The van der Waals surface area contributed by atoms with Crippen LogP contribution in [0.5, 0.6) is 5.75 Å². The molecule has 1 aromatic carbocycles. The molecule has 1 N–H and O–H groups in total. The van der Waals surface area contributed by atoms with Crippen LogP contribution in [0.4, 0.5) is 5.69 Å². The minimum absolute atomic E-state index is 0.000697. The summed E-state index contributed by atoms with van der Waals surface area (Å²) in [4.78, 5) is 26.8. The van der Waals surface area contributed by atoms with Crippen molar-refractivity contribution < 1.29 is 14.3 Å². The lowest BCUT2D eigenvalue weighted by atomic mass is 10.0. The standard InChI is InChI=1S/C24H38N2O3/c1-5-6-7-8-9-10-11-12-16-25-22(27)15-17-26-20-18-19(2)13-14-21(20)29-24(3,4)23(26)28/h13-14,18H,5-12,15-17H2,1-4H3,(H,25,27). The maximum absolute atomic E-state index is 12.8. The second-order valence-electron chi connectivity index (χ2n) is 8.62. The Labute approximate surface area is 176 Å². The number of unbranched alkanes of at least 4 members (excludes halogenated alkanes) is 7. The van der Waals surface area contributed by atoms with Gasteiger partial charge in [-0.15, -0.1) is 0 Å². The summed E-state index contributed by atoms with van der Waals surface area (Å²) in [6.45, 7) is 8.84. The van der Waals surface area contributed by atoms with Crippen LogP contribution in [0.2, 0.25) is 0 Å². The highest BCUT2D eigenvalue weighted by Crippen LogP contribution is 2.38. The van der Waals surface area contributed by atoms with Gasteiger partial charge in [0, 0.05) is 19.5 Å². The zero-order chi connectivity index (χ0) is 21.3. The molecule has 29 heavy (non-hydrogen) atoms. The molecule has 0 bridgehead atoms. The lowest BCUT2D eigenvalue weighted by Crippen LogP contribution is -2.53. The lowest BCUT2D eigenvalue weighted by Gasteiger charge is -2.38. The number of ether oxygens (including phenoxy) is 1. The summed E-state index contributed by atoms with van der Waals surface area (Å²) in [5, 5.41) is 3.00. The van der Waals surface area contributed by atoms with Crippen molar-refractivity contribution in [2.75, 3.05) is 18.0 Å². The van der Waals surface area contributed by atoms with E-state index in [0.29, 0.717) is 25.3 Å². The van der Waals surface area contributed by atoms with Gasteiger partial charge in [-0.2, -0.15) is 0 Å². The van der Waals surface area contributed by atoms with Gasteiger partial charge >= 0.3 is 0 Å². The van der Waals surface area contributed by atoms with Crippen molar-refractivity contribution in [3.63, 3.8) is 0 Å². The topological polar surface area (TPSA) is 58.6 Å². The summed E-state index contributed by atoms with van der Waals surface area (Å²) in [6.07, 6.45) is 10.3. The average molecular weight is 403 g/mol. The molecule has 0 aromatic heterocycles. The highest BCUT2D eigenvalue weighted by molar-refractivity contribution is 6.02. The molecule has 1 aromatic rings. The molecular weight excluding hydrogens is 364 g/mol.